The zero-order chi connectivity index (χ0) is 13.9. The van der Waals surface area contributed by atoms with Gasteiger partial charge >= 0.3 is 5.97 Å². The van der Waals surface area contributed by atoms with E-state index in [1.54, 1.807) is 12.3 Å². The van der Waals surface area contributed by atoms with Crippen LogP contribution >= 0.6 is 0 Å². The van der Waals surface area contributed by atoms with Crippen LogP contribution in [0.4, 0.5) is 0 Å². The van der Waals surface area contributed by atoms with Crippen molar-refractivity contribution < 1.29 is 9.53 Å². The largest absolute Gasteiger partial charge is 0.465 e. The first-order valence-corrected chi connectivity index (χ1v) is 6.33. The minimum absolute atomic E-state index is 0.333. The van der Waals surface area contributed by atoms with Crippen LogP contribution in [0.5, 0.6) is 0 Å². The molecule has 3 nitrogen and oxygen atoms in total. The molecule has 2 aromatic carbocycles. The average Bonchev–Trinajstić information content (AvgIpc) is 2.54. The molecule has 0 aliphatic carbocycles. The number of nitrogens with zero attached hydrogens (tertiary/aromatic N) is 1. The topological polar surface area (TPSA) is 39.2 Å². The first-order chi connectivity index (χ1) is 9.81. The molecule has 0 radical (unpaired) electrons. The summed E-state index contributed by atoms with van der Waals surface area (Å²) in [6.07, 6.45) is 1.72. The van der Waals surface area contributed by atoms with Crippen molar-refractivity contribution in [2.45, 2.75) is 0 Å². The Morgan fingerprint density at radius 1 is 0.950 bits per heavy atom. The van der Waals surface area contributed by atoms with E-state index in [1.807, 2.05) is 48.5 Å². The zero-order valence-corrected chi connectivity index (χ0v) is 11.0. The summed E-state index contributed by atoms with van der Waals surface area (Å²) in [6.45, 7) is 0. The van der Waals surface area contributed by atoms with E-state index in [2.05, 4.69) is 4.98 Å². The smallest absolute Gasteiger partial charge is 0.338 e. The fourth-order valence-corrected chi connectivity index (χ4v) is 2.32. The van der Waals surface area contributed by atoms with Crippen LogP contribution in [0, 0.1) is 0 Å². The Labute approximate surface area is 116 Å². The van der Waals surface area contributed by atoms with Gasteiger partial charge in [-0.05, 0) is 17.5 Å². The molecule has 20 heavy (non-hydrogen) atoms. The number of hydrogen-bond acceptors (Lipinski definition) is 3. The molecule has 0 N–H and O–H groups in total. The number of carbonyl (C=O) groups excluding carboxylic acids is 1. The van der Waals surface area contributed by atoms with E-state index in [-0.39, 0.29) is 5.97 Å². The van der Waals surface area contributed by atoms with Gasteiger partial charge in [0.05, 0.1) is 18.4 Å². The summed E-state index contributed by atoms with van der Waals surface area (Å²) in [5.41, 5.74) is 2.46. The third kappa shape index (κ3) is 2.03. The minimum atomic E-state index is -0.333. The molecule has 3 rings (SSSR count). The molecule has 3 aromatic rings. The van der Waals surface area contributed by atoms with Crippen molar-refractivity contribution in [3.63, 3.8) is 0 Å². The predicted molar refractivity (Wildman–Crippen MR) is 78.5 cm³/mol. The van der Waals surface area contributed by atoms with Crippen molar-refractivity contribution in [1.82, 2.24) is 4.98 Å². The number of pyridine rings is 1. The van der Waals surface area contributed by atoms with Crippen LogP contribution in [0.25, 0.3) is 22.0 Å². The predicted octanol–water partition coefficient (Wildman–Crippen LogP) is 3.69. The average molecular weight is 263 g/mol. The van der Waals surface area contributed by atoms with Gasteiger partial charge < -0.3 is 4.74 Å². The second-order valence-electron chi connectivity index (χ2n) is 4.42. The first kappa shape index (κ1) is 12.4. The third-order valence-corrected chi connectivity index (χ3v) is 3.26. The van der Waals surface area contributed by atoms with Crippen molar-refractivity contribution in [3.8, 4) is 11.3 Å². The minimum Gasteiger partial charge on any atom is -0.465 e. The zero-order valence-electron chi connectivity index (χ0n) is 11.0. The number of carbonyl (C=O) groups is 1. The highest BCUT2D eigenvalue weighted by Gasteiger charge is 2.12. The summed E-state index contributed by atoms with van der Waals surface area (Å²) in [7, 11) is 1.39. The molecule has 1 heterocycles. The van der Waals surface area contributed by atoms with Crippen molar-refractivity contribution in [3.05, 3.63) is 66.4 Å². The molecule has 0 unspecified atom stereocenters. The van der Waals surface area contributed by atoms with Gasteiger partial charge in [0.2, 0.25) is 0 Å². The number of esters is 1. The van der Waals surface area contributed by atoms with E-state index in [0.29, 0.717) is 5.56 Å². The fourth-order valence-electron chi connectivity index (χ4n) is 2.32. The summed E-state index contributed by atoms with van der Waals surface area (Å²) in [5, 5.41) is 1.80. The standard InChI is InChI=1S/C17H13NO2/c1-20-17(19)15-9-5-8-14-13(15)10-11-18-16(14)12-6-3-2-4-7-12/h2-11H,1H3. The van der Waals surface area contributed by atoms with Gasteiger partial charge in [0.1, 0.15) is 0 Å². The summed E-state index contributed by atoms with van der Waals surface area (Å²) in [5.74, 6) is -0.333. The summed E-state index contributed by atoms with van der Waals surface area (Å²) >= 11 is 0. The van der Waals surface area contributed by atoms with Crippen molar-refractivity contribution in [1.29, 1.82) is 0 Å². The van der Waals surface area contributed by atoms with Gasteiger partial charge in [-0.1, -0.05) is 42.5 Å². The quantitative estimate of drug-likeness (QED) is 0.662. The number of aromatic nitrogens is 1. The molecule has 1 aromatic heterocycles. The van der Waals surface area contributed by atoms with Crippen LogP contribution in [0.2, 0.25) is 0 Å². The summed E-state index contributed by atoms with van der Waals surface area (Å²) < 4.78 is 4.83. The highest BCUT2D eigenvalue weighted by molar-refractivity contribution is 6.07. The number of benzene rings is 2. The van der Waals surface area contributed by atoms with E-state index in [0.717, 1.165) is 22.0 Å². The molecule has 0 saturated heterocycles. The van der Waals surface area contributed by atoms with Crippen LogP contribution < -0.4 is 0 Å². The lowest BCUT2D eigenvalue weighted by molar-refractivity contribution is 0.0603. The van der Waals surface area contributed by atoms with E-state index >= 15 is 0 Å². The van der Waals surface area contributed by atoms with Gasteiger partial charge in [-0.3, -0.25) is 4.98 Å². The van der Waals surface area contributed by atoms with Gasteiger partial charge in [0, 0.05) is 17.1 Å². The molecule has 0 aliphatic heterocycles. The fraction of sp³-hybridized carbons (Fsp3) is 0.0588. The molecule has 98 valence electrons. The number of ether oxygens (including phenoxy) is 1. The monoisotopic (exact) mass is 263 g/mol. The second-order valence-corrected chi connectivity index (χ2v) is 4.42. The van der Waals surface area contributed by atoms with E-state index in [1.165, 1.54) is 7.11 Å². The Morgan fingerprint density at radius 2 is 1.75 bits per heavy atom. The Morgan fingerprint density at radius 3 is 2.50 bits per heavy atom. The normalized spacial score (nSPS) is 10.4. The molecule has 0 fully saturated rings. The summed E-state index contributed by atoms with van der Waals surface area (Å²) in [4.78, 5) is 16.3. The number of hydrogen-bond donors (Lipinski definition) is 0. The Balaban J connectivity index is 2.29. The molecular formula is C17H13NO2. The Hall–Kier alpha value is -2.68. The van der Waals surface area contributed by atoms with Crippen LogP contribution in [-0.2, 0) is 4.74 Å². The molecule has 0 spiro atoms. The van der Waals surface area contributed by atoms with Crippen LogP contribution in [0.15, 0.2) is 60.8 Å². The van der Waals surface area contributed by atoms with E-state index < -0.39 is 0 Å². The first-order valence-electron chi connectivity index (χ1n) is 6.33. The van der Waals surface area contributed by atoms with Crippen LogP contribution in [0.3, 0.4) is 0 Å². The highest BCUT2D eigenvalue weighted by atomic mass is 16.5. The van der Waals surface area contributed by atoms with Crippen LogP contribution in [-0.4, -0.2) is 18.1 Å². The number of rotatable bonds is 2. The molecule has 0 bridgehead atoms. The van der Waals surface area contributed by atoms with E-state index in [4.69, 9.17) is 4.74 Å². The molecular weight excluding hydrogens is 250 g/mol. The SMILES string of the molecule is COC(=O)c1cccc2c(-c3ccccc3)nccc12. The van der Waals surface area contributed by atoms with Gasteiger partial charge in [-0.2, -0.15) is 0 Å². The van der Waals surface area contributed by atoms with Crippen molar-refractivity contribution >= 4 is 16.7 Å². The maximum Gasteiger partial charge on any atom is 0.338 e. The maximum absolute atomic E-state index is 11.8. The Bertz CT molecular complexity index is 766. The van der Waals surface area contributed by atoms with Gasteiger partial charge in [-0.15, -0.1) is 0 Å². The maximum atomic E-state index is 11.8. The lowest BCUT2D eigenvalue weighted by Crippen LogP contribution is -2.02. The highest BCUT2D eigenvalue weighted by Crippen LogP contribution is 2.28. The lowest BCUT2D eigenvalue weighted by atomic mass is 10.0. The Kier molecular flexibility index (Phi) is 3.17. The molecule has 3 heteroatoms. The molecule has 0 saturated carbocycles. The van der Waals surface area contributed by atoms with Gasteiger partial charge in [-0.25, -0.2) is 4.79 Å². The molecule has 0 aliphatic rings. The third-order valence-electron chi connectivity index (χ3n) is 3.26. The summed E-state index contributed by atoms with van der Waals surface area (Å²) in [6, 6.07) is 17.4. The molecule has 0 amide bonds. The number of methoxy groups -OCH3 is 1. The van der Waals surface area contributed by atoms with Gasteiger partial charge in [0.15, 0.2) is 0 Å². The van der Waals surface area contributed by atoms with E-state index in [9.17, 15) is 4.79 Å². The van der Waals surface area contributed by atoms with Crippen LogP contribution in [0.1, 0.15) is 10.4 Å². The van der Waals surface area contributed by atoms with Gasteiger partial charge in [0.25, 0.3) is 0 Å². The second kappa shape index (κ2) is 5.13. The van der Waals surface area contributed by atoms with Crippen molar-refractivity contribution in [2.24, 2.45) is 0 Å². The lowest BCUT2D eigenvalue weighted by Gasteiger charge is -2.08. The number of fused-ring (bicyclic) bond motifs is 1. The van der Waals surface area contributed by atoms with Crippen molar-refractivity contribution in [2.75, 3.05) is 7.11 Å². The molecule has 0 atom stereocenters.